The molecule has 0 saturated heterocycles. The van der Waals surface area contributed by atoms with Crippen molar-refractivity contribution in [3.05, 3.63) is 0 Å². The SMILES string of the molecule is CC(C)CC(NC(=O)C(N)CCCCN)C(=O)NC(CCCN=C(N)N)C(=O)NC(C)C(=O)O. The van der Waals surface area contributed by atoms with E-state index in [9.17, 15) is 19.2 Å². The van der Waals surface area contributed by atoms with E-state index in [2.05, 4.69) is 20.9 Å². The van der Waals surface area contributed by atoms with Crippen LogP contribution in [0.1, 0.15) is 59.3 Å². The van der Waals surface area contributed by atoms with E-state index in [1.807, 2.05) is 13.8 Å². The molecule has 4 atom stereocenters. The molecule has 0 aliphatic rings. The third-order valence-electron chi connectivity index (χ3n) is 4.95. The third-order valence-corrected chi connectivity index (χ3v) is 4.95. The van der Waals surface area contributed by atoms with E-state index >= 15 is 0 Å². The number of unbranched alkanes of at least 4 members (excludes halogenated alkanes) is 1. The molecule has 0 aliphatic carbocycles. The van der Waals surface area contributed by atoms with Gasteiger partial charge in [0.05, 0.1) is 6.04 Å². The second-order valence-electron chi connectivity index (χ2n) is 8.66. The lowest BCUT2D eigenvalue weighted by Gasteiger charge is -2.25. The number of guanidine groups is 1. The fourth-order valence-corrected chi connectivity index (χ4v) is 3.04. The van der Waals surface area contributed by atoms with E-state index in [-0.39, 0.29) is 24.8 Å². The third kappa shape index (κ3) is 13.6. The molecule has 0 heterocycles. The molecule has 0 rings (SSSR count). The largest absolute Gasteiger partial charge is 0.480 e. The van der Waals surface area contributed by atoms with Crippen LogP contribution in [-0.2, 0) is 19.2 Å². The van der Waals surface area contributed by atoms with Crippen molar-refractivity contribution in [2.75, 3.05) is 13.1 Å². The summed E-state index contributed by atoms with van der Waals surface area (Å²) >= 11 is 0. The van der Waals surface area contributed by atoms with Crippen LogP contribution in [0.4, 0.5) is 0 Å². The van der Waals surface area contributed by atoms with Crippen LogP contribution in [0.2, 0.25) is 0 Å². The number of carbonyl (C=O) groups excluding carboxylic acids is 3. The molecular formula is C21H42N8O5. The number of aliphatic carboxylic acids is 1. The lowest BCUT2D eigenvalue weighted by atomic mass is 10.0. The van der Waals surface area contributed by atoms with Gasteiger partial charge in [-0.05, 0) is 51.5 Å². The molecule has 0 saturated carbocycles. The number of nitrogens with one attached hydrogen (secondary N) is 3. The molecule has 0 bridgehead atoms. The Morgan fingerprint density at radius 3 is 1.97 bits per heavy atom. The molecule has 0 fully saturated rings. The van der Waals surface area contributed by atoms with E-state index in [0.717, 1.165) is 6.42 Å². The van der Waals surface area contributed by atoms with Crippen molar-refractivity contribution < 1.29 is 24.3 Å². The van der Waals surface area contributed by atoms with Crippen molar-refractivity contribution >= 4 is 29.7 Å². The molecule has 0 radical (unpaired) electrons. The monoisotopic (exact) mass is 486 g/mol. The molecule has 0 aromatic heterocycles. The topological polar surface area (TPSA) is 241 Å². The molecule has 0 aromatic rings. The van der Waals surface area contributed by atoms with Crippen LogP contribution in [0.3, 0.4) is 0 Å². The summed E-state index contributed by atoms with van der Waals surface area (Å²) in [6.45, 7) is 5.82. The van der Waals surface area contributed by atoms with Crippen molar-refractivity contribution in [2.24, 2.45) is 33.8 Å². The van der Waals surface area contributed by atoms with Gasteiger partial charge in [-0.1, -0.05) is 20.3 Å². The first-order chi connectivity index (χ1) is 15.9. The minimum Gasteiger partial charge on any atom is -0.480 e. The Bertz CT molecular complexity index is 697. The standard InChI is InChI=1S/C21H42N8O5/c1-12(2)11-16(29-17(30)14(23)7-4-5-9-22)19(32)28-15(8-6-10-26-21(24)25)18(31)27-13(3)20(33)34/h12-16H,4-11,22-23H2,1-3H3,(H,27,31)(H,28,32)(H,29,30)(H,33,34)(H4,24,25,26). The maximum absolute atomic E-state index is 13.0. The average Bonchev–Trinajstić information content (AvgIpc) is 2.74. The Morgan fingerprint density at radius 2 is 1.44 bits per heavy atom. The number of hydrogen-bond acceptors (Lipinski definition) is 7. The number of carboxylic acids is 1. The zero-order valence-corrected chi connectivity index (χ0v) is 20.4. The van der Waals surface area contributed by atoms with Gasteiger partial charge >= 0.3 is 5.97 Å². The van der Waals surface area contributed by atoms with Gasteiger partial charge in [0, 0.05) is 6.54 Å². The molecule has 196 valence electrons. The molecule has 4 unspecified atom stereocenters. The summed E-state index contributed by atoms with van der Waals surface area (Å²) < 4.78 is 0. The quantitative estimate of drug-likeness (QED) is 0.0649. The predicted molar refractivity (Wildman–Crippen MR) is 129 cm³/mol. The van der Waals surface area contributed by atoms with Crippen LogP contribution in [0.5, 0.6) is 0 Å². The summed E-state index contributed by atoms with van der Waals surface area (Å²) in [7, 11) is 0. The first-order valence-corrected chi connectivity index (χ1v) is 11.5. The number of aliphatic imine (C=N–C) groups is 1. The average molecular weight is 487 g/mol. The second-order valence-corrected chi connectivity index (χ2v) is 8.66. The van der Waals surface area contributed by atoms with E-state index < -0.39 is 47.9 Å². The highest BCUT2D eigenvalue weighted by Gasteiger charge is 2.29. The van der Waals surface area contributed by atoms with Gasteiger partial charge in [0.2, 0.25) is 17.7 Å². The summed E-state index contributed by atoms with van der Waals surface area (Å²) in [5, 5.41) is 16.7. The molecular weight excluding hydrogens is 444 g/mol. The van der Waals surface area contributed by atoms with Crippen LogP contribution in [0, 0.1) is 5.92 Å². The summed E-state index contributed by atoms with van der Waals surface area (Å²) in [5.41, 5.74) is 22.0. The van der Waals surface area contributed by atoms with Crippen LogP contribution in [0.15, 0.2) is 4.99 Å². The number of carbonyl (C=O) groups is 4. The number of nitrogens with two attached hydrogens (primary N) is 4. The Labute approximate surface area is 200 Å². The number of rotatable bonds is 17. The molecule has 0 aromatic carbocycles. The van der Waals surface area contributed by atoms with Gasteiger partial charge in [-0.3, -0.25) is 24.2 Å². The van der Waals surface area contributed by atoms with Gasteiger partial charge in [-0.2, -0.15) is 0 Å². The van der Waals surface area contributed by atoms with Crippen molar-refractivity contribution in [3.63, 3.8) is 0 Å². The molecule has 13 nitrogen and oxygen atoms in total. The van der Waals surface area contributed by atoms with Gasteiger partial charge in [0.1, 0.15) is 18.1 Å². The summed E-state index contributed by atoms with van der Waals surface area (Å²) in [5.74, 6) is -2.96. The van der Waals surface area contributed by atoms with Crippen molar-refractivity contribution in [1.82, 2.24) is 16.0 Å². The molecule has 0 spiro atoms. The zero-order chi connectivity index (χ0) is 26.3. The normalized spacial score (nSPS) is 14.4. The van der Waals surface area contributed by atoms with Gasteiger partial charge in [0.15, 0.2) is 5.96 Å². The minimum absolute atomic E-state index is 0.0608. The van der Waals surface area contributed by atoms with E-state index in [4.69, 9.17) is 28.0 Å². The van der Waals surface area contributed by atoms with Gasteiger partial charge in [-0.25, -0.2) is 0 Å². The Kier molecular flexibility index (Phi) is 15.2. The lowest BCUT2D eigenvalue weighted by molar-refractivity contribution is -0.141. The Hall–Kier alpha value is -2.93. The highest BCUT2D eigenvalue weighted by Crippen LogP contribution is 2.08. The smallest absolute Gasteiger partial charge is 0.325 e. The van der Waals surface area contributed by atoms with Gasteiger partial charge < -0.3 is 44.0 Å². The number of nitrogens with zero attached hydrogens (tertiary/aromatic N) is 1. The first kappa shape index (κ1) is 31.1. The Morgan fingerprint density at radius 1 is 0.853 bits per heavy atom. The van der Waals surface area contributed by atoms with Crippen LogP contribution in [-0.4, -0.2) is 72.0 Å². The van der Waals surface area contributed by atoms with Crippen molar-refractivity contribution in [3.8, 4) is 0 Å². The molecule has 3 amide bonds. The fourth-order valence-electron chi connectivity index (χ4n) is 3.04. The highest BCUT2D eigenvalue weighted by molar-refractivity contribution is 5.94. The number of carboxylic acid groups (broad SMARTS) is 1. The van der Waals surface area contributed by atoms with Crippen molar-refractivity contribution in [2.45, 2.75) is 83.5 Å². The molecule has 34 heavy (non-hydrogen) atoms. The summed E-state index contributed by atoms with van der Waals surface area (Å²) in [4.78, 5) is 53.1. The summed E-state index contributed by atoms with van der Waals surface area (Å²) in [6.07, 6.45) is 2.68. The number of hydrogen-bond donors (Lipinski definition) is 8. The molecule has 13 heteroatoms. The van der Waals surface area contributed by atoms with Gasteiger partial charge in [-0.15, -0.1) is 0 Å². The zero-order valence-electron chi connectivity index (χ0n) is 20.4. The first-order valence-electron chi connectivity index (χ1n) is 11.5. The lowest BCUT2D eigenvalue weighted by Crippen LogP contribution is -2.57. The predicted octanol–water partition coefficient (Wildman–Crippen LogP) is -1.90. The van der Waals surface area contributed by atoms with Crippen LogP contribution < -0.4 is 38.9 Å². The fraction of sp³-hybridized carbons (Fsp3) is 0.762. The van der Waals surface area contributed by atoms with Crippen molar-refractivity contribution in [1.29, 1.82) is 0 Å². The van der Waals surface area contributed by atoms with Gasteiger partial charge in [0.25, 0.3) is 0 Å². The molecule has 12 N–H and O–H groups in total. The minimum atomic E-state index is -1.22. The second kappa shape index (κ2) is 16.6. The Balaban J connectivity index is 5.37. The van der Waals surface area contributed by atoms with E-state index in [0.29, 0.717) is 32.2 Å². The van der Waals surface area contributed by atoms with E-state index in [1.165, 1.54) is 6.92 Å². The maximum Gasteiger partial charge on any atom is 0.325 e. The van der Waals surface area contributed by atoms with Crippen LogP contribution in [0.25, 0.3) is 0 Å². The maximum atomic E-state index is 13.0. The molecule has 0 aliphatic heterocycles. The van der Waals surface area contributed by atoms with E-state index in [1.54, 1.807) is 0 Å². The summed E-state index contributed by atoms with van der Waals surface area (Å²) in [6, 6.07) is -3.90. The number of amides is 3. The highest BCUT2D eigenvalue weighted by atomic mass is 16.4. The van der Waals surface area contributed by atoms with Crippen LogP contribution >= 0.6 is 0 Å².